The molecule has 0 aromatic carbocycles. The second-order valence-electron chi connectivity index (χ2n) is 6.79. The third-order valence-corrected chi connectivity index (χ3v) is 3.29. The molecule has 0 atom stereocenters. The molecule has 1 amide bonds. The smallest absolute Gasteiger partial charge is 0.414 e. The van der Waals surface area contributed by atoms with E-state index in [9.17, 15) is 4.79 Å². The molecule has 1 aliphatic heterocycles. The summed E-state index contributed by atoms with van der Waals surface area (Å²) in [5.41, 5.74) is 0.652. The highest BCUT2D eigenvalue weighted by Crippen LogP contribution is 2.26. The number of nitrogens with zero attached hydrogens (tertiary/aromatic N) is 3. The summed E-state index contributed by atoms with van der Waals surface area (Å²) < 4.78 is 5.40. The van der Waals surface area contributed by atoms with Crippen molar-refractivity contribution in [2.24, 2.45) is 0 Å². The van der Waals surface area contributed by atoms with E-state index in [1.807, 2.05) is 50.2 Å². The Kier molecular flexibility index (Phi) is 5.08. The molecule has 2 rings (SSSR count). The lowest BCUT2D eigenvalue weighted by Gasteiger charge is -2.24. The number of aromatic nitrogens is 1. The van der Waals surface area contributed by atoms with E-state index in [0.29, 0.717) is 12.5 Å². The molecule has 1 aromatic heterocycles. The zero-order valence-corrected chi connectivity index (χ0v) is 14.5. The number of anilines is 1. The number of rotatable bonds is 2. The molecule has 1 aromatic rings. The van der Waals surface area contributed by atoms with Crippen molar-refractivity contribution >= 4 is 11.9 Å². The Labute approximate surface area is 138 Å². The second-order valence-corrected chi connectivity index (χ2v) is 6.79. The Balaban J connectivity index is 2.20. The minimum absolute atomic E-state index is 0.356. The van der Waals surface area contributed by atoms with Crippen LogP contribution in [-0.4, -0.2) is 28.1 Å². The Morgan fingerprint density at radius 3 is 2.65 bits per heavy atom. The van der Waals surface area contributed by atoms with Gasteiger partial charge in [0.05, 0.1) is 0 Å². The van der Waals surface area contributed by atoms with Gasteiger partial charge in [0.2, 0.25) is 0 Å². The van der Waals surface area contributed by atoms with Gasteiger partial charge in [-0.25, -0.2) is 9.78 Å². The summed E-state index contributed by atoms with van der Waals surface area (Å²) in [5.74, 6) is 1.24. The van der Waals surface area contributed by atoms with Crippen LogP contribution in [0.5, 0.6) is 0 Å². The summed E-state index contributed by atoms with van der Waals surface area (Å²) in [5, 5.41) is 0. The zero-order valence-electron chi connectivity index (χ0n) is 14.5. The van der Waals surface area contributed by atoms with E-state index in [2.05, 4.69) is 24.9 Å². The molecule has 0 saturated heterocycles. The molecule has 1 aliphatic rings. The van der Waals surface area contributed by atoms with Gasteiger partial charge in [0.15, 0.2) is 0 Å². The molecule has 5 nitrogen and oxygen atoms in total. The highest BCUT2D eigenvalue weighted by Gasteiger charge is 2.21. The Morgan fingerprint density at radius 1 is 1.26 bits per heavy atom. The molecule has 2 heterocycles. The van der Waals surface area contributed by atoms with E-state index in [1.54, 1.807) is 17.3 Å². The number of carbonyl (C=O) groups is 1. The number of pyridine rings is 1. The monoisotopic (exact) mass is 315 g/mol. The number of ether oxygens (including phenoxy) is 1. The molecule has 0 N–H and O–H groups in total. The van der Waals surface area contributed by atoms with Gasteiger partial charge in [0, 0.05) is 31.3 Å². The minimum atomic E-state index is -0.508. The topological polar surface area (TPSA) is 45.7 Å². The number of hydrogen-bond donors (Lipinski definition) is 0. The fourth-order valence-electron chi connectivity index (χ4n) is 2.21. The van der Waals surface area contributed by atoms with Crippen LogP contribution in [0.1, 0.15) is 46.1 Å². The third-order valence-electron chi connectivity index (χ3n) is 3.29. The molecular formula is C18H25N3O2. The summed E-state index contributed by atoms with van der Waals surface area (Å²) in [7, 11) is 0. The molecule has 5 heteroatoms. The van der Waals surface area contributed by atoms with Crippen LogP contribution < -0.4 is 4.90 Å². The molecule has 0 bridgehead atoms. The Bertz CT molecular complexity index is 615. The van der Waals surface area contributed by atoms with E-state index in [0.717, 1.165) is 11.4 Å². The largest absolute Gasteiger partial charge is 0.443 e. The van der Waals surface area contributed by atoms with Crippen molar-refractivity contribution in [1.82, 2.24) is 9.88 Å². The summed E-state index contributed by atoms with van der Waals surface area (Å²) in [6.07, 6.45) is 8.83. The van der Waals surface area contributed by atoms with Gasteiger partial charge in [-0.1, -0.05) is 19.9 Å². The van der Waals surface area contributed by atoms with Crippen LogP contribution >= 0.6 is 0 Å². The van der Waals surface area contributed by atoms with Gasteiger partial charge in [0.1, 0.15) is 11.4 Å². The van der Waals surface area contributed by atoms with Crippen LogP contribution in [0, 0.1) is 0 Å². The van der Waals surface area contributed by atoms with Gasteiger partial charge >= 0.3 is 6.09 Å². The van der Waals surface area contributed by atoms with E-state index in [4.69, 9.17) is 4.74 Å². The maximum absolute atomic E-state index is 12.2. The molecule has 0 fully saturated rings. The van der Waals surface area contributed by atoms with Gasteiger partial charge in [-0.05, 0) is 44.4 Å². The average Bonchev–Trinajstić information content (AvgIpc) is 2.71. The van der Waals surface area contributed by atoms with E-state index in [-0.39, 0.29) is 6.09 Å². The van der Waals surface area contributed by atoms with Crippen LogP contribution in [0.3, 0.4) is 0 Å². The van der Waals surface area contributed by atoms with E-state index in [1.165, 1.54) is 0 Å². The molecular weight excluding hydrogens is 290 g/mol. The first-order chi connectivity index (χ1) is 10.8. The molecule has 0 spiro atoms. The van der Waals surface area contributed by atoms with E-state index >= 15 is 0 Å². The van der Waals surface area contributed by atoms with Gasteiger partial charge in [-0.2, -0.15) is 0 Å². The summed E-state index contributed by atoms with van der Waals surface area (Å²) in [4.78, 5) is 20.1. The van der Waals surface area contributed by atoms with Gasteiger partial charge < -0.3 is 9.64 Å². The van der Waals surface area contributed by atoms with Gasteiger partial charge in [-0.3, -0.25) is 4.90 Å². The van der Waals surface area contributed by atoms with Crippen molar-refractivity contribution in [2.75, 3.05) is 11.4 Å². The van der Waals surface area contributed by atoms with Crippen LogP contribution in [0.15, 0.2) is 43.0 Å². The average molecular weight is 315 g/mol. The number of hydrogen-bond acceptors (Lipinski definition) is 4. The van der Waals surface area contributed by atoms with Crippen molar-refractivity contribution in [1.29, 1.82) is 0 Å². The minimum Gasteiger partial charge on any atom is -0.443 e. The van der Waals surface area contributed by atoms with Gasteiger partial charge in [0.25, 0.3) is 0 Å². The molecule has 0 saturated carbocycles. The second kappa shape index (κ2) is 6.86. The first kappa shape index (κ1) is 17.1. The first-order valence-electron chi connectivity index (χ1n) is 7.86. The highest BCUT2D eigenvalue weighted by molar-refractivity contribution is 5.70. The quantitative estimate of drug-likeness (QED) is 0.818. The standard InChI is InChI=1S/C18H25N3O2/c1-14(2)15-8-6-9-19-16(15)20-10-7-11-21(13-12-20)17(22)23-18(3,4)5/h6-10,12-14H,11H2,1-5H3. The van der Waals surface area contributed by atoms with Crippen LogP contribution in [-0.2, 0) is 4.74 Å². The summed E-state index contributed by atoms with van der Waals surface area (Å²) in [6.45, 7) is 10.3. The molecule has 0 aliphatic carbocycles. The SMILES string of the molecule is CC(C)c1cccnc1N1C=CCN(C(=O)OC(C)(C)C)C=C1. The maximum Gasteiger partial charge on any atom is 0.414 e. The third kappa shape index (κ3) is 4.58. The molecule has 124 valence electrons. The molecule has 0 unspecified atom stereocenters. The maximum atomic E-state index is 12.2. The Hall–Kier alpha value is -2.30. The van der Waals surface area contributed by atoms with Crippen LogP contribution in [0.2, 0.25) is 0 Å². The van der Waals surface area contributed by atoms with Crippen molar-refractivity contribution in [3.05, 3.63) is 48.6 Å². The van der Waals surface area contributed by atoms with Crippen molar-refractivity contribution in [3.8, 4) is 0 Å². The first-order valence-corrected chi connectivity index (χ1v) is 7.86. The zero-order chi connectivity index (χ0) is 17.0. The predicted octanol–water partition coefficient (Wildman–Crippen LogP) is 4.25. The highest BCUT2D eigenvalue weighted by atomic mass is 16.6. The summed E-state index contributed by atoms with van der Waals surface area (Å²) >= 11 is 0. The fourth-order valence-corrected chi connectivity index (χ4v) is 2.21. The van der Waals surface area contributed by atoms with Crippen molar-refractivity contribution in [3.63, 3.8) is 0 Å². The summed E-state index contributed by atoms with van der Waals surface area (Å²) in [6, 6.07) is 4.02. The lowest BCUT2D eigenvalue weighted by molar-refractivity contribution is 0.0352. The van der Waals surface area contributed by atoms with Gasteiger partial charge in [-0.15, -0.1) is 0 Å². The lowest BCUT2D eigenvalue weighted by atomic mass is 10.0. The van der Waals surface area contributed by atoms with Crippen LogP contribution in [0.4, 0.5) is 10.6 Å². The molecule has 0 radical (unpaired) electrons. The van der Waals surface area contributed by atoms with Crippen molar-refractivity contribution in [2.45, 2.75) is 46.1 Å². The normalized spacial score (nSPS) is 15.0. The van der Waals surface area contributed by atoms with E-state index < -0.39 is 5.60 Å². The van der Waals surface area contributed by atoms with Crippen molar-refractivity contribution < 1.29 is 9.53 Å². The predicted molar refractivity (Wildman–Crippen MR) is 92.0 cm³/mol. The number of carbonyl (C=O) groups excluding carboxylic acids is 1. The number of amides is 1. The molecule has 23 heavy (non-hydrogen) atoms. The van der Waals surface area contributed by atoms with Crippen LogP contribution in [0.25, 0.3) is 0 Å². The Morgan fingerprint density at radius 2 is 2.00 bits per heavy atom. The fraction of sp³-hybridized carbons (Fsp3) is 0.444. The lowest BCUT2D eigenvalue weighted by Crippen LogP contribution is -2.33.